The number of carbonyl (C=O) groups excluding carboxylic acids is 1. The SMILES string of the molecule is CCN(CC)CCCC(C)N(Cc1sccc1C)C(=O)c1ccc(Br)cc1. The number of halogens is 1. The number of benzene rings is 1. The van der Waals surface area contributed by atoms with Crippen molar-refractivity contribution in [2.24, 2.45) is 0 Å². The Hall–Kier alpha value is -1.17. The van der Waals surface area contributed by atoms with Crippen LogP contribution in [0, 0.1) is 6.92 Å². The predicted molar refractivity (Wildman–Crippen MR) is 120 cm³/mol. The van der Waals surface area contributed by atoms with E-state index in [2.05, 4.69) is 60.0 Å². The van der Waals surface area contributed by atoms with Crippen LogP contribution in [0.1, 0.15) is 54.4 Å². The first-order valence-corrected chi connectivity index (χ1v) is 11.4. The Bertz CT molecular complexity index is 709. The fraction of sp³-hybridized carbons (Fsp3) is 0.500. The van der Waals surface area contributed by atoms with Gasteiger partial charge in [0.05, 0.1) is 6.54 Å². The Balaban J connectivity index is 2.12. The largest absolute Gasteiger partial charge is 0.331 e. The van der Waals surface area contributed by atoms with Crippen LogP contribution < -0.4 is 0 Å². The van der Waals surface area contributed by atoms with E-state index in [0.717, 1.165) is 42.5 Å². The molecule has 148 valence electrons. The van der Waals surface area contributed by atoms with Gasteiger partial charge >= 0.3 is 0 Å². The molecule has 0 aliphatic heterocycles. The second-order valence-electron chi connectivity index (χ2n) is 6.98. The Morgan fingerprint density at radius 3 is 2.37 bits per heavy atom. The Morgan fingerprint density at radius 1 is 1.15 bits per heavy atom. The lowest BCUT2D eigenvalue weighted by atomic mass is 10.1. The fourth-order valence-corrected chi connectivity index (χ4v) is 4.38. The predicted octanol–water partition coefficient (Wildman–Crippen LogP) is 5.97. The number of amides is 1. The average Bonchev–Trinajstić information content (AvgIpc) is 3.08. The molecule has 0 spiro atoms. The number of nitrogens with zero attached hydrogens (tertiary/aromatic N) is 2. The van der Waals surface area contributed by atoms with Crippen LogP contribution in [0.25, 0.3) is 0 Å². The van der Waals surface area contributed by atoms with Crippen LogP contribution in [0.3, 0.4) is 0 Å². The van der Waals surface area contributed by atoms with Gasteiger partial charge in [-0.25, -0.2) is 0 Å². The molecule has 1 atom stereocenters. The van der Waals surface area contributed by atoms with Crippen LogP contribution >= 0.6 is 27.3 Å². The summed E-state index contributed by atoms with van der Waals surface area (Å²) in [6, 6.07) is 10.0. The van der Waals surface area contributed by atoms with Crippen molar-refractivity contribution in [2.45, 2.75) is 53.1 Å². The van der Waals surface area contributed by atoms with E-state index in [9.17, 15) is 4.79 Å². The van der Waals surface area contributed by atoms with Crippen LogP contribution in [0.15, 0.2) is 40.2 Å². The van der Waals surface area contributed by atoms with Crippen molar-refractivity contribution in [2.75, 3.05) is 19.6 Å². The second-order valence-corrected chi connectivity index (χ2v) is 8.90. The number of rotatable bonds is 10. The van der Waals surface area contributed by atoms with Crippen LogP contribution in [-0.4, -0.2) is 41.4 Å². The molecule has 0 radical (unpaired) electrons. The molecule has 1 aromatic heterocycles. The molecule has 0 bridgehead atoms. The molecule has 2 aromatic rings. The molecule has 0 aliphatic rings. The molecule has 27 heavy (non-hydrogen) atoms. The number of hydrogen-bond acceptors (Lipinski definition) is 3. The van der Waals surface area contributed by atoms with Crippen molar-refractivity contribution >= 4 is 33.2 Å². The summed E-state index contributed by atoms with van der Waals surface area (Å²) in [4.78, 5) is 19.0. The summed E-state index contributed by atoms with van der Waals surface area (Å²) < 4.78 is 0.993. The normalized spacial score (nSPS) is 12.4. The maximum absolute atomic E-state index is 13.2. The molecule has 1 unspecified atom stereocenters. The van der Waals surface area contributed by atoms with Gasteiger partial charge in [0.15, 0.2) is 0 Å². The standard InChI is InChI=1S/C22H31BrN2OS/c1-5-24(6-2)14-7-8-18(4)25(16-21-17(3)13-15-27-21)22(26)19-9-11-20(23)12-10-19/h9-13,15,18H,5-8,14,16H2,1-4H3. The quantitative estimate of drug-likeness (QED) is 0.444. The van der Waals surface area contributed by atoms with Crippen molar-refractivity contribution in [1.29, 1.82) is 0 Å². The molecule has 3 nitrogen and oxygen atoms in total. The topological polar surface area (TPSA) is 23.6 Å². The highest BCUT2D eigenvalue weighted by Crippen LogP contribution is 2.23. The molecular weight excluding hydrogens is 420 g/mol. The zero-order valence-electron chi connectivity index (χ0n) is 16.9. The molecule has 0 fully saturated rings. The van der Waals surface area contributed by atoms with Gasteiger partial charge < -0.3 is 9.80 Å². The number of hydrogen-bond donors (Lipinski definition) is 0. The van der Waals surface area contributed by atoms with Crippen LogP contribution in [0.5, 0.6) is 0 Å². The highest BCUT2D eigenvalue weighted by atomic mass is 79.9. The minimum Gasteiger partial charge on any atom is -0.331 e. The first kappa shape index (κ1) is 22.1. The first-order chi connectivity index (χ1) is 13.0. The number of thiophene rings is 1. The summed E-state index contributed by atoms with van der Waals surface area (Å²) in [6.07, 6.45) is 2.12. The van der Waals surface area contributed by atoms with Crippen molar-refractivity contribution in [3.8, 4) is 0 Å². The number of aryl methyl sites for hydroxylation is 1. The van der Waals surface area contributed by atoms with Gasteiger partial charge in [-0.1, -0.05) is 29.8 Å². The van der Waals surface area contributed by atoms with E-state index in [1.165, 1.54) is 10.4 Å². The lowest BCUT2D eigenvalue weighted by molar-refractivity contribution is 0.0664. The molecule has 1 amide bonds. The van der Waals surface area contributed by atoms with Gasteiger partial charge in [-0.15, -0.1) is 11.3 Å². The zero-order valence-corrected chi connectivity index (χ0v) is 19.3. The second kappa shape index (κ2) is 11.0. The average molecular weight is 451 g/mol. The lowest BCUT2D eigenvalue weighted by Crippen LogP contribution is -2.38. The molecule has 2 rings (SSSR count). The maximum atomic E-state index is 13.2. The fourth-order valence-electron chi connectivity index (χ4n) is 3.21. The van der Waals surface area contributed by atoms with Crippen molar-refractivity contribution < 1.29 is 4.79 Å². The van der Waals surface area contributed by atoms with E-state index in [-0.39, 0.29) is 11.9 Å². The van der Waals surface area contributed by atoms with Crippen LogP contribution in [0.4, 0.5) is 0 Å². The summed E-state index contributed by atoms with van der Waals surface area (Å²) in [7, 11) is 0. The molecule has 0 N–H and O–H groups in total. The van der Waals surface area contributed by atoms with E-state index in [4.69, 9.17) is 0 Å². The summed E-state index contributed by atoms with van der Waals surface area (Å²) in [6.45, 7) is 12.7. The van der Waals surface area contributed by atoms with Crippen LogP contribution in [-0.2, 0) is 6.54 Å². The number of carbonyl (C=O) groups is 1. The van der Waals surface area contributed by atoms with E-state index in [1.54, 1.807) is 11.3 Å². The molecule has 0 saturated carbocycles. The van der Waals surface area contributed by atoms with Gasteiger partial charge in [-0.2, -0.15) is 0 Å². The van der Waals surface area contributed by atoms with Gasteiger partial charge in [-0.3, -0.25) is 4.79 Å². The minimum absolute atomic E-state index is 0.116. The third-order valence-corrected chi connectivity index (χ3v) is 6.69. The van der Waals surface area contributed by atoms with E-state index in [0.29, 0.717) is 6.54 Å². The Morgan fingerprint density at radius 2 is 1.81 bits per heavy atom. The van der Waals surface area contributed by atoms with Gasteiger partial charge in [0.1, 0.15) is 0 Å². The zero-order chi connectivity index (χ0) is 19.8. The highest BCUT2D eigenvalue weighted by molar-refractivity contribution is 9.10. The summed E-state index contributed by atoms with van der Waals surface area (Å²) in [5.74, 6) is 0.116. The van der Waals surface area contributed by atoms with Crippen molar-refractivity contribution in [3.05, 3.63) is 56.2 Å². The third kappa shape index (κ3) is 6.44. The highest BCUT2D eigenvalue weighted by Gasteiger charge is 2.23. The third-order valence-electron chi connectivity index (χ3n) is 5.16. The maximum Gasteiger partial charge on any atom is 0.254 e. The molecule has 0 saturated heterocycles. The van der Waals surface area contributed by atoms with Gasteiger partial charge in [0.2, 0.25) is 0 Å². The van der Waals surface area contributed by atoms with Crippen molar-refractivity contribution in [3.63, 3.8) is 0 Å². The summed E-state index contributed by atoms with van der Waals surface area (Å²) in [5.41, 5.74) is 2.02. The summed E-state index contributed by atoms with van der Waals surface area (Å²) in [5, 5.41) is 2.11. The molecule has 5 heteroatoms. The van der Waals surface area contributed by atoms with Crippen LogP contribution in [0.2, 0.25) is 0 Å². The lowest BCUT2D eigenvalue weighted by Gasteiger charge is -2.30. The smallest absolute Gasteiger partial charge is 0.254 e. The summed E-state index contributed by atoms with van der Waals surface area (Å²) >= 11 is 5.19. The molecule has 0 aliphatic carbocycles. The van der Waals surface area contributed by atoms with Gasteiger partial charge in [0.25, 0.3) is 5.91 Å². The first-order valence-electron chi connectivity index (χ1n) is 9.78. The van der Waals surface area contributed by atoms with Crippen molar-refractivity contribution in [1.82, 2.24) is 9.80 Å². The van der Waals surface area contributed by atoms with E-state index < -0.39 is 0 Å². The minimum atomic E-state index is 0.116. The monoisotopic (exact) mass is 450 g/mol. The van der Waals surface area contributed by atoms with E-state index in [1.807, 2.05) is 29.2 Å². The Kier molecular flexibility index (Phi) is 9.00. The molecule has 1 aromatic carbocycles. The Labute approximate surface area is 176 Å². The van der Waals surface area contributed by atoms with Gasteiger partial charge in [-0.05, 0) is 87.6 Å². The van der Waals surface area contributed by atoms with E-state index >= 15 is 0 Å². The van der Waals surface area contributed by atoms with Gasteiger partial charge in [0, 0.05) is 21.0 Å². The molecular formula is C22H31BrN2OS. The molecule has 1 heterocycles.